The molecule has 124 valence electrons. The topological polar surface area (TPSA) is 59.4 Å². The smallest absolute Gasteiger partial charge is 0.263 e. The first-order valence-corrected chi connectivity index (χ1v) is 8.77. The molecule has 2 aliphatic heterocycles. The standard InChI is InChI=1S/C16H21BrN4O2/c17-15-14(20-8-6-19(7-9-20)10-11-22)12-18-21(16(15)23)13-4-2-1-3-5-13/h1-5,12,14-15,22H,6-11H2/t14-,15+/m1/s1. The van der Waals surface area contributed by atoms with Gasteiger partial charge in [-0.1, -0.05) is 34.1 Å². The highest BCUT2D eigenvalue weighted by atomic mass is 79.9. The summed E-state index contributed by atoms with van der Waals surface area (Å²) in [6.07, 6.45) is 1.86. The Morgan fingerprint density at radius 1 is 1.17 bits per heavy atom. The van der Waals surface area contributed by atoms with E-state index >= 15 is 0 Å². The number of hydrogen-bond donors (Lipinski definition) is 1. The summed E-state index contributed by atoms with van der Waals surface area (Å²) in [5.41, 5.74) is 0.782. The molecule has 0 radical (unpaired) electrons. The molecule has 1 N–H and O–H groups in total. The van der Waals surface area contributed by atoms with Gasteiger partial charge >= 0.3 is 0 Å². The van der Waals surface area contributed by atoms with Gasteiger partial charge in [0.25, 0.3) is 5.91 Å². The van der Waals surface area contributed by atoms with E-state index in [9.17, 15) is 4.79 Å². The van der Waals surface area contributed by atoms with Crippen molar-refractivity contribution in [1.82, 2.24) is 9.80 Å². The molecular weight excluding hydrogens is 360 g/mol. The summed E-state index contributed by atoms with van der Waals surface area (Å²) in [5, 5.41) is 14.8. The first-order valence-electron chi connectivity index (χ1n) is 7.85. The van der Waals surface area contributed by atoms with Gasteiger partial charge in [-0.3, -0.25) is 14.6 Å². The number of benzene rings is 1. The third kappa shape index (κ3) is 3.63. The quantitative estimate of drug-likeness (QED) is 0.783. The first kappa shape index (κ1) is 16.6. The van der Waals surface area contributed by atoms with Crippen molar-refractivity contribution in [3.8, 4) is 0 Å². The molecule has 6 nitrogen and oxygen atoms in total. The molecule has 2 aliphatic rings. The Morgan fingerprint density at radius 3 is 2.52 bits per heavy atom. The summed E-state index contributed by atoms with van der Waals surface area (Å²) in [6.45, 7) is 4.46. The van der Waals surface area contributed by atoms with Crippen LogP contribution in [-0.2, 0) is 4.79 Å². The number of anilines is 1. The average molecular weight is 381 g/mol. The fourth-order valence-corrected chi connectivity index (χ4v) is 3.66. The summed E-state index contributed by atoms with van der Waals surface area (Å²) < 4.78 is 0. The van der Waals surface area contributed by atoms with Crippen LogP contribution in [0.15, 0.2) is 35.4 Å². The van der Waals surface area contributed by atoms with Crippen LogP contribution in [0.25, 0.3) is 0 Å². The van der Waals surface area contributed by atoms with E-state index in [1.807, 2.05) is 36.5 Å². The third-order valence-electron chi connectivity index (χ3n) is 4.32. The summed E-state index contributed by atoms with van der Waals surface area (Å²) >= 11 is 3.56. The summed E-state index contributed by atoms with van der Waals surface area (Å²) in [5.74, 6) is -0.0403. The molecule has 0 bridgehead atoms. The van der Waals surface area contributed by atoms with E-state index in [0.717, 1.165) is 31.9 Å². The number of hydrazone groups is 1. The maximum absolute atomic E-state index is 12.6. The minimum atomic E-state index is -0.301. The summed E-state index contributed by atoms with van der Waals surface area (Å²) in [7, 11) is 0. The number of rotatable bonds is 4. The number of carbonyl (C=O) groups excluding carboxylic acids is 1. The fourth-order valence-electron chi connectivity index (χ4n) is 3.00. The predicted molar refractivity (Wildman–Crippen MR) is 94.0 cm³/mol. The van der Waals surface area contributed by atoms with E-state index in [2.05, 4.69) is 30.8 Å². The van der Waals surface area contributed by atoms with E-state index in [1.165, 1.54) is 5.01 Å². The predicted octanol–water partition coefficient (Wildman–Crippen LogP) is 0.761. The number of para-hydroxylation sites is 1. The second-order valence-electron chi connectivity index (χ2n) is 5.74. The molecule has 0 aliphatic carbocycles. The van der Waals surface area contributed by atoms with Crippen molar-refractivity contribution in [2.24, 2.45) is 5.10 Å². The number of aliphatic hydroxyl groups excluding tert-OH is 1. The lowest BCUT2D eigenvalue weighted by atomic mass is 10.1. The molecule has 23 heavy (non-hydrogen) atoms. The Hall–Kier alpha value is -1.28. The number of halogens is 1. The number of β-amino-alcohol motifs (C(OH)–C–C–N with tert-alkyl or cyclic N) is 1. The molecule has 3 rings (SSSR count). The van der Waals surface area contributed by atoms with E-state index in [-0.39, 0.29) is 23.4 Å². The zero-order valence-corrected chi connectivity index (χ0v) is 14.5. The van der Waals surface area contributed by atoms with E-state index in [0.29, 0.717) is 6.54 Å². The minimum absolute atomic E-state index is 0.0289. The van der Waals surface area contributed by atoms with E-state index < -0.39 is 0 Å². The molecule has 1 aromatic rings. The van der Waals surface area contributed by atoms with Crippen LogP contribution in [0.5, 0.6) is 0 Å². The maximum atomic E-state index is 12.6. The van der Waals surface area contributed by atoms with E-state index in [4.69, 9.17) is 5.11 Å². The van der Waals surface area contributed by atoms with Gasteiger partial charge in [-0.2, -0.15) is 5.10 Å². The van der Waals surface area contributed by atoms with Crippen molar-refractivity contribution in [2.45, 2.75) is 10.9 Å². The zero-order valence-electron chi connectivity index (χ0n) is 12.9. The van der Waals surface area contributed by atoms with Gasteiger partial charge in [-0.25, -0.2) is 5.01 Å². The molecular formula is C16H21BrN4O2. The summed E-state index contributed by atoms with van der Waals surface area (Å²) in [6, 6.07) is 9.44. The van der Waals surface area contributed by atoms with Gasteiger partial charge < -0.3 is 5.11 Å². The Balaban J connectivity index is 1.68. The number of piperazine rings is 1. The van der Waals surface area contributed by atoms with Crippen LogP contribution >= 0.6 is 15.9 Å². The molecule has 0 unspecified atom stereocenters. The lowest BCUT2D eigenvalue weighted by molar-refractivity contribution is -0.119. The molecule has 1 amide bonds. The molecule has 0 saturated carbocycles. The lowest BCUT2D eigenvalue weighted by Crippen LogP contribution is -2.58. The molecule has 1 aromatic carbocycles. The Labute approximate surface area is 144 Å². The van der Waals surface area contributed by atoms with Crippen LogP contribution in [0.1, 0.15) is 0 Å². The van der Waals surface area contributed by atoms with Crippen molar-refractivity contribution in [2.75, 3.05) is 44.3 Å². The molecule has 1 saturated heterocycles. The van der Waals surface area contributed by atoms with Crippen LogP contribution in [-0.4, -0.2) is 77.2 Å². The fraction of sp³-hybridized carbons (Fsp3) is 0.500. The van der Waals surface area contributed by atoms with Crippen molar-refractivity contribution >= 4 is 33.7 Å². The van der Waals surface area contributed by atoms with Crippen molar-refractivity contribution in [3.63, 3.8) is 0 Å². The average Bonchev–Trinajstić information content (AvgIpc) is 2.59. The molecule has 2 atom stereocenters. The Kier molecular flexibility index (Phi) is 5.42. The largest absolute Gasteiger partial charge is 0.395 e. The van der Waals surface area contributed by atoms with Crippen LogP contribution in [0.4, 0.5) is 5.69 Å². The van der Waals surface area contributed by atoms with Crippen molar-refractivity contribution in [1.29, 1.82) is 0 Å². The third-order valence-corrected chi connectivity index (χ3v) is 5.26. The Morgan fingerprint density at radius 2 is 1.87 bits per heavy atom. The highest BCUT2D eigenvalue weighted by Crippen LogP contribution is 2.24. The van der Waals surface area contributed by atoms with Crippen LogP contribution in [0.3, 0.4) is 0 Å². The van der Waals surface area contributed by atoms with Gasteiger partial charge in [0, 0.05) is 38.9 Å². The number of amides is 1. The van der Waals surface area contributed by atoms with E-state index in [1.54, 1.807) is 0 Å². The summed E-state index contributed by atoms with van der Waals surface area (Å²) in [4.78, 5) is 16.8. The number of hydrogen-bond acceptors (Lipinski definition) is 5. The number of aliphatic hydroxyl groups is 1. The minimum Gasteiger partial charge on any atom is -0.395 e. The number of alkyl halides is 1. The van der Waals surface area contributed by atoms with Crippen LogP contribution < -0.4 is 5.01 Å². The molecule has 0 spiro atoms. The van der Waals surface area contributed by atoms with Crippen molar-refractivity contribution < 1.29 is 9.90 Å². The second-order valence-corrected chi connectivity index (χ2v) is 6.73. The molecule has 2 heterocycles. The van der Waals surface area contributed by atoms with Gasteiger partial charge in [-0.05, 0) is 12.1 Å². The highest BCUT2D eigenvalue weighted by Gasteiger charge is 2.37. The lowest BCUT2D eigenvalue weighted by Gasteiger charge is -2.41. The first-order chi connectivity index (χ1) is 11.2. The highest BCUT2D eigenvalue weighted by molar-refractivity contribution is 9.10. The molecule has 7 heteroatoms. The second kappa shape index (κ2) is 7.53. The van der Waals surface area contributed by atoms with Gasteiger partial charge in [0.1, 0.15) is 4.83 Å². The number of carbonyl (C=O) groups is 1. The Bertz CT molecular complexity index is 560. The van der Waals surface area contributed by atoms with Crippen LogP contribution in [0, 0.1) is 0 Å². The molecule has 1 fully saturated rings. The normalized spacial score (nSPS) is 26.7. The monoisotopic (exact) mass is 380 g/mol. The SMILES string of the molecule is O=C1[C@@H](Br)[C@H](N2CCN(CCO)CC2)C=NN1c1ccccc1. The number of nitrogens with zero attached hydrogens (tertiary/aromatic N) is 4. The van der Waals surface area contributed by atoms with Gasteiger partial charge in [0.05, 0.1) is 18.3 Å². The van der Waals surface area contributed by atoms with Gasteiger partial charge in [-0.15, -0.1) is 0 Å². The van der Waals surface area contributed by atoms with Crippen molar-refractivity contribution in [3.05, 3.63) is 30.3 Å². The maximum Gasteiger partial charge on any atom is 0.263 e. The molecule has 0 aromatic heterocycles. The van der Waals surface area contributed by atoms with Gasteiger partial charge in [0.2, 0.25) is 0 Å². The van der Waals surface area contributed by atoms with Crippen LogP contribution in [0.2, 0.25) is 0 Å². The zero-order chi connectivity index (χ0) is 16.2. The van der Waals surface area contributed by atoms with Gasteiger partial charge in [0.15, 0.2) is 0 Å².